The smallest absolute Gasteiger partial charge is 1.00 e. The predicted molar refractivity (Wildman–Crippen MR) is 47.8 cm³/mol. The summed E-state index contributed by atoms with van der Waals surface area (Å²) in [5.41, 5.74) is 0.926. The molecule has 0 unspecified atom stereocenters. The number of hydrogen-bond acceptors (Lipinski definition) is 3. The molecule has 0 bridgehead atoms. The fourth-order valence-electron chi connectivity index (χ4n) is 0.739. The molecule has 5 heteroatoms. The Bertz CT molecular complexity index is 258. The van der Waals surface area contributed by atoms with Gasteiger partial charge < -0.3 is 9.99 Å². The molecule has 1 aromatic rings. The van der Waals surface area contributed by atoms with E-state index in [4.69, 9.17) is 0 Å². The first kappa shape index (κ1) is 13.6. The molecule has 0 radical (unpaired) electrons. The summed E-state index contributed by atoms with van der Waals surface area (Å²) >= 11 is 2.51. The van der Waals surface area contributed by atoms with E-state index in [1.165, 1.54) is 0 Å². The Morgan fingerprint density at radius 1 is 1.38 bits per heavy atom. The van der Waals surface area contributed by atoms with E-state index in [0.29, 0.717) is 0 Å². The molecular weight excluding hydrogens is 263 g/mol. The monoisotopic (exact) mass is 270 g/mol. The number of benzene rings is 1. The van der Waals surface area contributed by atoms with Crippen LogP contribution in [0, 0.1) is 0 Å². The van der Waals surface area contributed by atoms with Crippen LogP contribution in [0.2, 0.25) is 0 Å². The van der Waals surface area contributed by atoms with Crippen LogP contribution in [-0.2, 0) is 15.2 Å². The molecule has 0 aromatic heterocycles. The first-order valence-electron chi connectivity index (χ1n) is 3.32. The topological polar surface area (TPSA) is 35.5 Å². The van der Waals surface area contributed by atoms with Gasteiger partial charge in [-0.3, -0.25) is 0 Å². The number of carbonyl (C=O) groups excluding carboxylic acids is 1. The predicted octanol–water partition coefficient (Wildman–Crippen LogP) is -0.234. The van der Waals surface area contributed by atoms with Crippen LogP contribution in [-0.4, -0.2) is 6.16 Å². The SMILES string of the molecule is O=C(OBr)OCc1ccccc1.[H-].[K+]. The Morgan fingerprint density at radius 3 is 2.54 bits per heavy atom. The van der Waals surface area contributed by atoms with Crippen molar-refractivity contribution in [3.05, 3.63) is 35.9 Å². The molecule has 1 aromatic carbocycles. The van der Waals surface area contributed by atoms with E-state index >= 15 is 0 Å². The van der Waals surface area contributed by atoms with Crippen LogP contribution in [0.5, 0.6) is 0 Å². The van der Waals surface area contributed by atoms with Gasteiger partial charge in [-0.15, -0.1) is 0 Å². The van der Waals surface area contributed by atoms with Gasteiger partial charge in [-0.2, -0.15) is 0 Å². The average molecular weight is 271 g/mol. The van der Waals surface area contributed by atoms with Crippen LogP contribution in [0.3, 0.4) is 0 Å². The van der Waals surface area contributed by atoms with E-state index in [1.54, 1.807) is 0 Å². The summed E-state index contributed by atoms with van der Waals surface area (Å²) < 4.78 is 8.79. The third-order valence-electron chi connectivity index (χ3n) is 1.26. The van der Waals surface area contributed by atoms with Gasteiger partial charge in [0.15, 0.2) is 16.3 Å². The van der Waals surface area contributed by atoms with Crippen molar-refractivity contribution in [2.45, 2.75) is 6.61 Å². The van der Waals surface area contributed by atoms with E-state index in [0.717, 1.165) is 5.56 Å². The number of carbonyl (C=O) groups is 1. The van der Waals surface area contributed by atoms with Gasteiger partial charge in [-0.25, -0.2) is 4.79 Å². The third kappa shape index (κ3) is 5.82. The van der Waals surface area contributed by atoms with E-state index in [-0.39, 0.29) is 59.4 Å². The van der Waals surface area contributed by atoms with Crippen LogP contribution in [0.25, 0.3) is 0 Å². The van der Waals surface area contributed by atoms with E-state index < -0.39 is 6.16 Å². The van der Waals surface area contributed by atoms with Crippen LogP contribution < -0.4 is 51.4 Å². The fraction of sp³-hybridized carbons (Fsp3) is 0.125. The van der Waals surface area contributed by atoms with Crippen LogP contribution in [0.15, 0.2) is 30.3 Å². The Labute approximate surface area is 129 Å². The molecule has 0 atom stereocenters. The molecule has 0 fully saturated rings. The van der Waals surface area contributed by atoms with Crippen LogP contribution in [0.4, 0.5) is 4.79 Å². The molecule has 13 heavy (non-hydrogen) atoms. The van der Waals surface area contributed by atoms with Gasteiger partial charge in [0, 0.05) is 0 Å². The molecular formula is C8H8BrKO3. The minimum absolute atomic E-state index is 0. The summed E-state index contributed by atoms with van der Waals surface area (Å²) in [6, 6.07) is 9.37. The molecule has 0 aliphatic rings. The Kier molecular flexibility index (Phi) is 8.33. The summed E-state index contributed by atoms with van der Waals surface area (Å²) in [5.74, 6) is 0. The molecule has 1 rings (SSSR count). The first-order valence-corrected chi connectivity index (χ1v) is 3.97. The zero-order valence-corrected chi connectivity index (χ0v) is 11.9. The van der Waals surface area contributed by atoms with Crippen molar-refractivity contribution in [3.63, 3.8) is 0 Å². The zero-order chi connectivity index (χ0) is 8.81. The number of hydrogen-bond donors (Lipinski definition) is 0. The van der Waals surface area contributed by atoms with Crippen molar-refractivity contribution in [2.75, 3.05) is 0 Å². The Hall–Kier alpha value is 0.606. The molecule has 0 aliphatic carbocycles. The zero-order valence-electron chi connectivity index (χ0n) is 8.20. The van der Waals surface area contributed by atoms with Gasteiger partial charge in [-0.05, 0) is 5.56 Å². The molecule has 0 spiro atoms. The Morgan fingerprint density at radius 2 is 2.00 bits per heavy atom. The van der Waals surface area contributed by atoms with Crippen LogP contribution in [0.1, 0.15) is 6.99 Å². The number of halogens is 1. The second-order valence-electron chi connectivity index (χ2n) is 2.10. The maximum absolute atomic E-state index is 10.5. The molecule has 0 saturated carbocycles. The summed E-state index contributed by atoms with van der Waals surface area (Å²) in [6.07, 6.45) is -0.737. The van der Waals surface area contributed by atoms with E-state index in [9.17, 15) is 4.79 Å². The molecule has 66 valence electrons. The second kappa shape index (κ2) is 7.96. The van der Waals surface area contributed by atoms with Crippen molar-refractivity contribution in [1.82, 2.24) is 0 Å². The van der Waals surface area contributed by atoms with Crippen LogP contribution >= 0.6 is 16.3 Å². The molecule has 0 N–H and O–H groups in total. The molecule has 0 aliphatic heterocycles. The van der Waals surface area contributed by atoms with Gasteiger partial charge in [0.25, 0.3) is 0 Å². The maximum atomic E-state index is 10.5. The molecule has 3 nitrogen and oxygen atoms in total. The third-order valence-corrected chi connectivity index (χ3v) is 1.53. The van der Waals surface area contributed by atoms with Crippen molar-refractivity contribution in [3.8, 4) is 0 Å². The van der Waals surface area contributed by atoms with Gasteiger partial charge in [-0.1, -0.05) is 30.3 Å². The summed E-state index contributed by atoms with van der Waals surface area (Å²) in [7, 11) is 0. The average Bonchev–Trinajstić information content (AvgIpc) is 2.16. The normalized spacial score (nSPS) is 8.38. The quantitative estimate of drug-likeness (QED) is 0.550. The van der Waals surface area contributed by atoms with Gasteiger partial charge in [0.05, 0.1) is 0 Å². The largest absolute Gasteiger partial charge is 1.00 e. The first-order chi connectivity index (χ1) is 5.83. The maximum Gasteiger partial charge on any atom is 1.00 e. The molecule has 0 heterocycles. The van der Waals surface area contributed by atoms with E-state index in [2.05, 4.69) is 24.8 Å². The fourth-order valence-corrected chi connectivity index (χ4v) is 0.832. The summed E-state index contributed by atoms with van der Waals surface area (Å²) in [5, 5.41) is 0. The Balaban J connectivity index is 0. The molecule has 0 saturated heterocycles. The van der Waals surface area contributed by atoms with Crippen molar-refractivity contribution in [1.29, 1.82) is 0 Å². The second-order valence-corrected chi connectivity index (χ2v) is 2.43. The number of rotatable bonds is 2. The minimum atomic E-state index is -0.737. The van der Waals surface area contributed by atoms with Crippen molar-refractivity contribution in [2.24, 2.45) is 0 Å². The minimum Gasteiger partial charge on any atom is -1.00 e. The molecule has 0 amide bonds. The van der Waals surface area contributed by atoms with Gasteiger partial charge >= 0.3 is 57.5 Å². The summed E-state index contributed by atoms with van der Waals surface area (Å²) in [4.78, 5) is 10.5. The standard InChI is InChI=1S/C8H7BrO3.K.H/c9-12-8(10)11-6-7-4-2-1-3-5-7;;/h1-5H,6H2;;/q;+1;-1. The van der Waals surface area contributed by atoms with E-state index in [1.807, 2.05) is 30.3 Å². The van der Waals surface area contributed by atoms with Crippen molar-refractivity contribution < 1.29 is 66.2 Å². The van der Waals surface area contributed by atoms with Crippen molar-refractivity contribution >= 4 is 22.4 Å². The summed E-state index contributed by atoms with van der Waals surface area (Å²) in [6.45, 7) is 0.227. The van der Waals surface area contributed by atoms with Gasteiger partial charge in [0.1, 0.15) is 6.61 Å². The van der Waals surface area contributed by atoms with Gasteiger partial charge in [0.2, 0.25) is 0 Å². The number of ether oxygens (including phenoxy) is 1.